The van der Waals surface area contributed by atoms with Gasteiger partial charge in [-0.05, 0) is 12.3 Å². The highest BCUT2D eigenvalue weighted by Gasteiger charge is 1.88. The molecule has 0 aromatic heterocycles. The summed E-state index contributed by atoms with van der Waals surface area (Å²) < 4.78 is 4.78. The Labute approximate surface area is 78.5 Å². The highest BCUT2D eigenvalue weighted by atomic mass is 16.5. The first-order valence-corrected chi connectivity index (χ1v) is 5.21. The Morgan fingerprint density at radius 3 is 1.67 bits per heavy atom. The molecule has 0 aliphatic heterocycles. The van der Waals surface area contributed by atoms with E-state index in [1.54, 1.807) is 7.11 Å². The number of hydrogen-bond acceptors (Lipinski definition) is 1. The van der Waals surface area contributed by atoms with Crippen molar-refractivity contribution in [3.05, 3.63) is 0 Å². The fourth-order valence-electron chi connectivity index (χ4n) is 0.577. The molecule has 0 N–H and O–H groups in total. The van der Waals surface area contributed by atoms with Gasteiger partial charge in [-0.3, -0.25) is 0 Å². The molecule has 0 aliphatic carbocycles. The van der Waals surface area contributed by atoms with E-state index in [9.17, 15) is 0 Å². The van der Waals surface area contributed by atoms with Crippen molar-refractivity contribution in [2.75, 3.05) is 13.7 Å². The van der Waals surface area contributed by atoms with Crippen LogP contribution in [0.2, 0.25) is 0 Å². The van der Waals surface area contributed by atoms with Crippen molar-refractivity contribution >= 4 is 0 Å². The largest absolute Gasteiger partial charge is 0.385 e. The molecule has 0 heterocycles. The number of ether oxygens (including phenoxy) is 1. The molecule has 0 rings (SSSR count). The maximum atomic E-state index is 4.78. The summed E-state index contributed by atoms with van der Waals surface area (Å²) in [5.74, 6) is 0.935. The summed E-state index contributed by atoms with van der Waals surface area (Å²) in [6.07, 6.45) is 5.08. The van der Waals surface area contributed by atoms with E-state index < -0.39 is 0 Å². The fraction of sp³-hybridized carbons (Fsp3) is 1.00. The van der Waals surface area contributed by atoms with E-state index in [0.717, 1.165) is 12.5 Å². The standard InChI is InChI=1S/C6H14.C5H12O/c1-4-6(3)5-2;1-3-4-5-6-2/h6H,4-5H2,1-3H3;3-5H2,1-2H3. The molecule has 76 valence electrons. The van der Waals surface area contributed by atoms with Gasteiger partial charge < -0.3 is 4.74 Å². The SMILES string of the molecule is CCC(C)CC.CCCCOC. The summed E-state index contributed by atoms with van der Waals surface area (Å²) in [6.45, 7) is 9.80. The van der Waals surface area contributed by atoms with Crippen LogP contribution in [-0.4, -0.2) is 13.7 Å². The summed E-state index contributed by atoms with van der Waals surface area (Å²) in [5.41, 5.74) is 0. The van der Waals surface area contributed by atoms with Crippen molar-refractivity contribution in [2.45, 2.75) is 53.4 Å². The highest BCUT2D eigenvalue weighted by molar-refractivity contribution is 4.41. The monoisotopic (exact) mass is 174 g/mol. The number of unbranched alkanes of at least 4 members (excludes halogenated alkanes) is 1. The van der Waals surface area contributed by atoms with Gasteiger partial charge in [-0.2, -0.15) is 0 Å². The van der Waals surface area contributed by atoms with Crippen LogP contribution in [0, 0.1) is 5.92 Å². The van der Waals surface area contributed by atoms with Gasteiger partial charge in [-0.15, -0.1) is 0 Å². The minimum atomic E-state index is 0.913. The van der Waals surface area contributed by atoms with Crippen molar-refractivity contribution in [3.8, 4) is 0 Å². The normalized spacial score (nSPS) is 9.50. The fourth-order valence-corrected chi connectivity index (χ4v) is 0.577. The molecule has 0 spiro atoms. The summed E-state index contributed by atoms with van der Waals surface area (Å²) >= 11 is 0. The first kappa shape index (κ1) is 14.5. The van der Waals surface area contributed by atoms with E-state index >= 15 is 0 Å². The van der Waals surface area contributed by atoms with Gasteiger partial charge in [0.05, 0.1) is 0 Å². The summed E-state index contributed by atoms with van der Waals surface area (Å²) in [7, 11) is 1.73. The van der Waals surface area contributed by atoms with Crippen LogP contribution in [0.1, 0.15) is 53.4 Å². The molecule has 0 fully saturated rings. The molecule has 0 saturated carbocycles. The molecule has 12 heavy (non-hydrogen) atoms. The lowest BCUT2D eigenvalue weighted by atomic mass is 10.1. The molecule has 1 nitrogen and oxygen atoms in total. The van der Waals surface area contributed by atoms with E-state index in [-0.39, 0.29) is 0 Å². The predicted octanol–water partition coefficient (Wildman–Crippen LogP) is 3.88. The van der Waals surface area contributed by atoms with E-state index in [1.165, 1.54) is 25.7 Å². The van der Waals surface area contributed by atoms with Gasteiger partial charge in [0.1, 0.15) is 0 Å². The van der Waals surface area contributed by atoms with Gasteiger partial charge in [0.2, 0.25) is 0 Å². The average Bonchev–Trinajstić information content (AvgIpc) is 2.14. The van der Waals surface area contributed by atoms with Gasteiger partial charge in [0.25, 0.3) is 0 Å². The van der Waals surface area contributed by atoms with Crippen LogP contribution < -0.4 is 0 Å². The predicted molar refractivity (Wildman–Crippen MR) is 56.5 cm³/mol. The lowest BCUT2D eigenvalue weighted by molar-refractivity contribution is 0.194. The Morgan fingerprint density at radius 2 is 1.58 bits per heavy atom. The zero-order chi connectivity index (χ0) is 9.82. The van der Waals surface area contributed by atoms with Crippen LogP contribution in [0.3, 0.4) is 0 Å². The molecule has 0 bridgehead atoms. The van der Waals surface area contributed by atoms with E-state index in [2.05, 4.69) is 27.7 Å². The Balaban J connectivity index is 0. The minimum Gasteiger partial charge on any atom is -0.385 e. The third-order valence-electron chi connectivity index (χ3n) is 2.10. The molecule has 1 heteroatoms. The Bertz CT molecular complexity index is 54.0. The minimum absolute atomic E-state index is 0.913. The molecule has 0 radical (unpaired) electrons. The smallest absolute Gasteiger partial charge is 0.0462 e. The Kier molecular flexibility index (Phi) is 16.3. The van der Waals surface area contributed by atoms with Crippen molar-refractivity contribution in [1.82, 2.24) is 0 Å². The van der Waals surface area contributed by atoms with Crippen LogP contribution in [0.25, 0.3) is 0 Å². The third-order valence-corrected chi connectivity index (χ3v) is 2.10. The zero-order valence-corrected chi connectivity index (χ0v) is 9.52. The molecule has 0 atom stereocenters. The van der Waals surface area contributed by atoms with E-state index in [4.69, 9.17) is 4.74 Å². The lowest BCUT2D eigenvalue weighted by Crippen LogP contribution is -1.85. The maximum absolute atomic E-state index is 4.78. The molecular formula is C11H26O. The molecule has 0 aromatic rings. The quantitative estimate of drug-likeness (QED) is 0.575. The summed E-state index contributed by atoms with van der Waals surface area (Å²) in [4.78, 5) is 0. The maximum Gasteiger partial charge on any atom is 0.0462 e. The van der Waals surface area contributed by atoms with Crippen LogP contribution in [-0.2, 0) is 4.74 Å². The first-order valence-electron chi connectivity index (χ1n) is 5.21. The molecule has 0 unspecified atom stereocenters. The lowest BCUT2D eigenvalue weighted by Gasteiger charge is -1.98. The van der Waals surface area contributed by atoms with Crippen molar-refractivity contribution in [2.24, 2.45) is 5.92 Å². The number of hydrogen-bond donors (Lipinski definition) is 0. The Hall–Kier alpha value is -0.0400. The van der Waals surface area contributed by atoms with Crippen LogP contribution in [0.4, 0.5) is 0 Å². The summed E-state index contributed by atoms with van der Waals surface area (Å²) in [5, 5.41) is 0. The van der Waals surface area contributed by atoms with E-state index in [0.29, 0.717) is 0 Å². The van der Waals surface area contributed by atoms with Crippen molar-refractivity contribution < 1.29 is 4.74 Å². The second-order valence-electron chi connectivity index (χ2n) is 3.27. The van der Waals surface area contributed by atoms with E-state index in [1.807, 2.05) is 0 Å². The molecule has 0 amide bonds. The van der Waals surface area contributed by atoms with Crippen LogP contribution in [0.15, 0.2) is 0 Å². The molecule has 0 aliphatic rings. The third kappa shape index (κ3) is 16.5. The number of methoxy groups -OCH3 is 1. The second-order valence-corrected chi connectivity index (χ2v) is 3.27. The van der Waals surface area contributed by atoms with Gasteiger partial charge in [0, 0.05) is 13.7 Å². The molecule has 0 saturated heterocycles. The topological polar surface area (TPSA) is 9.23 Å². The average molecular weight is 174 g/mol. The summed E-state index contributed by atoms with van der Waals surface area (Å²) in [6, 6.07) is 0. The Morgan fingerprint density at radius 1 is 1.08 bits per heavy atom. The van der Waals surface area contributed by atoms with Crippen LogP contribution in [0.5, 0.6) is 0 Å². The first-order chi connectivity index (χ1) is 5.72. The van der Waals surface area contributed by atoms with Gasteiger partial charge in [-0.25, -0.2) is 0 Å². The highest BCUT2D eigenvalue weighted by Crippen LogP contribution is 2.02. The van der Waals surface area contributed by atoms with Crippen LogP contribution >= 0.6 is 0 Å². The van der Waals surface area contributed by atoms with Crippen molar-refractivity contribution in [3.63, 3.8) is 0 Å². The van der Waals surface area contributed by atoms with Gasteiger partial charge >= 0.3 is 0 Å². The zero-order valence-electron chi connectivity index (χ0n) is 9.52. The molecule has 0 aromatic carbocycles. The second kappa shape index (κ2) is 13.5. The van der Waals surface area contributed by atoms with Gasteiger partial charge in [-0.1, -0.05) is 47.0 Å². The van der Waals surface area contributed by atoms with Crippen molar-refractivity contribution in [1.29, 1.82) is 0 Å². The number of rotatable bonds is 5. The van der Waals surface area contributed by atoms with Gasteiger partial charge in [0.15, 0.2) is 0 Å². The molecular weight excluding hydrogens is 148 g/mol.